The van der Waals surface area contributed by atoms with E-state index in [1.165, 1.54) is 13.2 Å². The Kier molecular flexibility index (Phi) is 3.96. The molecule has 0 aliphatic heterocycles. The van der Waals surface area contributed by atoms with Crippen molar-refractivity contribution in [2.45, 2.75) is 32.5 Å². The number of methoxy groups -OCH3 is 1. The van der Waals surface area contributed by atoms with Gasteiger partial charge >= 0.3 is 5.97 Å². The predicted molar refractivity (Wildman–Crippen MR) is 46.8 cm³/mol. The molecule has 0 spiro atoms. The van der Waals surface area contributed by atoms with E-state index in [9.17, 15) is 4.79 Å². The minimum atomic E-state index is -0.663. The molecule has 0 aromatic rings. The fraction of sp³-hybridized carbons (Fsp3) is 0.667. The molecule has 0 aromatic heterocycles. The summed E-state index contributed by atoms with van der Waals surface area (Å²) in [6.45, 7) is 8.88. The van der Waals surface area contributed by atoms with Crippen LogP contribution in [0.25, 0.3) is 0 Å². The summed E-state index contributed by atoms with van der Waals surface area (Å²) in [7, 11) is 1.44. The lowest BCUT2D eigenvalue weighted by Crippen LogP contribution is -2.31. The molecular formula is C9H16O3. The zero-order valence-corrected chi connectivity index (χ0v) is 8.09. The van der Waals surface area contributed by atoms with E-state index in [-0.39, 0.29) is 0 Å². The molecule has 0 aromatic carbocycles. The van der Waals surface area contributed by atoms with Gasteiger partial charge in [0, 0.05) is 7.11 Å². The topological polar surface area (TPSA) is 35.5 Å². The molecule has 0 rings (SSSR count). The maximum Gasteiger partial charge on any atom is 0.339 e. The van der Waals surface area contributed by atoms with Crippen LogP contribution in [0.5, 0.6) is 0 Å². The summed E-state index contributed by atoms with van der Waals surface area (Å²) in [4.78, 5) is 11.2. The second kappa shape index (κ2) is 4.26. The lowest BCUT2D eigenvalue weighted by atomic mass is 10.2. The lowest BCUT2D eigenvalue weighted by molar-refractivity contribution is -0.163. The highest BCUT2D eigenvalue weighted by atomic mass is 16.6. The standard InChI is InChI=1S/C9H16O3/c1-6-7(11-5)8(10)12-9(2,3)4/h6-7H,1H2,2-5H3. The van der Waals surface area contributed by atoms with Crippen LogP contribution in [-0.4, -0.2) is 24.8 Å². The zero-order chi connectivity index (χ0) is 9.78. The van der Waals surface area contributed by atoms with Crippen molar-refractivity contribution in [1.82, 2.24) is 0 Å². The van der Waals surface area contributed by atoms with Gasteiger partial charge in [0.05, 0.1) is 0 Å². The largest absolute Gasteiger partial charge is 0.458 e. The molecule has 0 aliphatic rings. The van der Waals surface area contributed by atoms with Crippen LogP contribution >= 0.6 is 0 Å². The number of rotatable bonds is 3. The van der Waals surface area contributed by atoms with Crippen molar-refractivity contribution >= 4 is 5.97 Å². The summed E-state index contributed by atoms with van der Waals surface area (Å²) in [5.41, 5.74) is -0.475. The summed E-state index contributed by atoms with van der Waals surface area (Å²) in [6.07, 6.45) is 0.748. The van der Waals surface area contributed by atoms with Crippen LogP contribution in [0, 0.1) is 0 Å². The minimum Gasteiger partial charge on any atom is -0.458 e. The first-order valence-corrected chi connectivity index (χ1v) is 3.79. The Balaban J connectivity index is 4.11. The molecule has 0 heterocycles. The van der Waals surface area contributed by atoms with Crippen LogP contribution in [0.4, 0.5) is 0 Å². The van der Waals surface area contributed by atoms with Gasteiger partial charge in [0.1, 0.15) is 5.60 Å². The second-order valence-electron chi connectivity index (χ2n) is 3.43. The molecule has 3 heteroatoms. The molecule has 0 aliphatic carbocycles. The van der Waals surface area contributed by atoms with Crippen molar-refractivity contribution in [2.24, 2.45) is 0 Å². The molecule has 0 saturated carbocycles. The minimum absolute atomic E-state index is 0.403. The highest BCUT2D eigenvalue weighted by Gasteiger charge is 2.22. The van der Waals surface area contributed by atoms with E-state index in [4.69, 9.17) is 9.47 Å². The Morgan fingerprint density at radius 2 is 2.00 bits per heavy atom. The Hall–Kier alpha value is -0.830. The smallest absolute Gasteiger partial charge is 0.339 e. The van der Waals surface area contributed by atoms with Crippen LogP contribution in [0.15, 0.2) is 12.7 Å². The molecule has 0 radical (unpaired) electrons. The summed E-state index contributed by atoms with van der Waals surface area (Å²) in [5.74, 6) is -0.403. The normalized spacial score (nSPS) is 13.7. The number of esters is 1. The summed E-state index contributed by atoms with van der Waals surface area (Å²) >= 11 is 0. The van der Waals surface area contributed by atoms with E-state index in [2.05, 4.69) is 6.58 Å². The fourth-order valence-electron chi connectivity index (χ4n) is 0.649. The summed E-state index contributed by atoms with van der Waals surface area (Å²) < 4.78 is 9.86. The first-order chi connectivity index (χ1) is 5.40. The molecule has 12 heavy (non-hydrogen) atoms. The second-order valence-corrected chi connectivity index (χ2v) is 3.43. The molecule has 3 nitrogen and oxygen atoms in total. The average Bonchev–Trinajstić information content (AvgIpc) is 1.85. The Morgan fingerprint density at radius 1 is 1.50 bits per heavy atom. The predicted octanol–water partition coefficient (Wildman–Crippen LogP) is 1.53. The molecular weight excluding hydrogens is 156 g/mol. The number of ether oxygens (including phenoxy) is 2. The Labute approximate surface area is 73.4 Å². The van der Waals surface area contributed by atoms with Gasteiger partial charge in [-0.15, -0.1) is 0 Å². The zero-order valence-electron chi connectivity index (χ0n) is 8.09. The number of hydrogen-bond donors (Lipinski definition) is 0. The van der Waals surface area contributed by atoms with Gasteiger partial charge in [-0.05, 0) is 20.8 Å². The van der Waals surface area contributed by atoms with Crippen molar-refractivity contribution < 1.29 is 14.3 Å². The maximum absolute atomic E-state index is 11.2. The van der Waals surface area contributed by atoms with Crippen LogP contribution < -0.4 is 0 Å². The molecule has 1 unspecified atom stereocenters. The Morgan fingerprint density at radius 3 is 2.25 bits per heavy atom. The van der Waals surface area contributed by atoms with E-state index in [0.717, 1.165) is 0 Å². The van der Waals surface area contributed by atoms with Crippen molar-refractivity contribution in [1.29, 1.82) is 0 Å². The van der Waals surface area contributed by atoms with Crippen molar-refractivity contribution in [3.05, 3.63) is 12.7 Å². The van der Waals surface area contributed by atoms with Gasteiger partial charge in [-0.25, -0.2) is 4.79 Å². The van der Waals surface area contributed by atoms with Crippen molar-refractivity contribution in [2.75, 3.05) is 7.11 Å². The highest BCUT2D eigenvalue weighted by molar-refractivity contribution is 5.77. The number of hydrogen-bond acceptors (Lipinski definition) is 3. The van der Waals surface area contributed by atoms with Gasteiger partial charge in [0.25, 0.3) is 0 Å². The fourth-order valence-corrected chi connectivity index (χ4v) is 0.649. The first-order valence-electron chi connectivity index (χ1n) is 3.79. The molecule has 0 N–H and O–H groups in total. The third-order valence-electron chi connectivity index (χ3n) is 1.11. The van der Waals surface area contributed by atoms with Crippen LogP contribution in [-0.2, 0) is 14.3 Å². The summed E-state index contributed by atoms with van der Waals surface area (Å²) in [6, 6.07) is 0. The molecule has 70 valence electrons. The molecule has 1 atom stereocenters. The highest BCUT2D eigenvalue weighted by Crippen LogP contribution is 2.09. The van der Waals surface area contributed by atoms with Crippen molar-refractivity contribution in [3.8, 4) is 0 Å². The molecule has 0 amide bonds. The van der Waals surface area contributed by atoms with Gasteiger partial charge in [-0.3, -0.25) is 0 Å². The van der Waals surface area contributed by atoms with E-state index < -0.39 is 17.7 Å². The third kappa shape index (κ3) is 4.13. The van der Waals surface area contributed by atoms with Gasteiger partial charge in [-0.1, -0.05) is 12.7 Å². The van der Waals surface area contributed by atoms with Crippen molar-refractivity contribution in [3.63, 3.8) is 0 Å². The van der Waals surface area contributed by atoms with Gasteiger partial charge in [0.2, 0.25) is 0 Å². The van der Waals surface area contributed by atoms with Crippen LogP contribution in [0.1, 0.15) is 20.8 Å². The maximum atomic E-state index is 11.2. The van der Waals surface area contributed by atoms with E-state index in [0.29, 0.717) is 0 Å². The molecule has 0 bridgehead atoms. The summed E-state index contributed by atoms with van der Waals surface area (Å²) in [5, 5.41) is 0. The quantitative estimate of drug-likeness (QED) is 0.478. The van der Waals surface area contributed by atoms with E-state index in [1.807, 2.05) is 0 Å². The van der Waals surface area contributed by atoms with Crippen LogP contribution in [0.3, 0.4) is 0 Å². The molecule has 0 saturated heterocycles. The molecule has 0 fully saturated rings. The SMILES string of the molecule is C=CC(OC)C(=O)OC(C)(C)C. The van der Waals surface area contributed by atoms with E-state index in [1.54, 1.807) is 20.8 Å². The third-order valence-corrected chi connectivity index (χ3v) is 1.11. The average molecular weight is 172 g/mol. The van der Waals surface area contributed by atoms with Gasteiger partial charge < -0.3 is 9.47 Å². The first kappa shape index (κ1) is 11.2. The van der Waals surface area contributed by atoms with Gasteiger partial charge in [0.15, 0.2) is 6.10 Å². The van der Waals surface area contributed by atoms with Gasteiger partial charge in [-0.2, -0.15) is 0 Å². The monoisotopic (exact) mass is 172 g/mol. The number of carbonyl (C=O) groups is 1. The number of carbonyl (C=O) groups excluding carboxylic acids is 1. The lowest BCUT2D eigenvalue weighted by Gasteiger charge is -2.21. The Bertz CT molecular complexity index is 167. The van der Waals surface area contributed by atoms with E-state index >= 15 is 0 Å². The van der Waals surface area contributed by atoms with Crippen LogP contribution in [0.2, 0.25) is 0 Å².